The minimum Gasteiger partial charge on any atom is -0.383 e. The van der Waals surface area contributed by atoms with Crippen molar-refractivity contribution >= 4 is 50.6 Å². The summed E-state index contributed by atoms with van der Waals surface area (Å²) in [6, 6.07) is 0. The van der Waals surface area contributed by atoms with Gasteiger partial charge in [-0.2, -0.15) is 0 Å². The molecular formula is C19H23N9O3S2. The van der Waals surface area contributed by atoms with E-state index in [-0.39, 0.29) is 22.9 Å². The summed E-state index contributed by atoms with van der Waals surface area (Å²) in [5.74, 6) is 0.249. The van der Waals surface area contributed by atoms with Gasteiger partial charge in [-0.3, -0.25) is 23.9 Å². The first-order chi connectivity index (χ1) is 15.9. The van der Waals surface area contributed by atoms with Crippen molar-refractivity contribution in [3.63, 3.8) is 0 Å². The van der Waals surface area contributed by atoms with Gasteiger partial charge in [0.05, 0.1) is 25.6 Å². The zero-order chi connectivity index (χ0) is 23.4. The number of morpholine rings is 1. The van der Waals surface area contributed by atoms with E-state index in [1.807, 2.05) is 6.92 Å². The number of H-pyrrole nitrogens is 1. The molecule has 3 aromatic heterocycles. The normalized spacial score (nSPS) is 14.9. The molecular weight excluding hydrogens is 466 g/mol. The molecule has 12 nitrogen and oxygen atoms in total. The number of nitrogens with two attached hydrogens (primary N) is 1. The van der Waals surface area contributed by atoms with Crippen molar-refractivity contribution in [2.24, 2.45) is 10.7 Å². The Labute approximate surface area is 197 Å². The number of carbonyl (C=O) groups is 1. The highest BCUT2D eigenvalue weighted by atomic mass is 32.1. The van der Waals surface area contributed by atoms with Crippen LogP contribution in [0.15, 0.2) is 22.3 Å². The van der Waals surface area contributed by atoms with Gasteiger partial charge in [0.25, 0.3) is 11.5 Å². The predicted octanol–water partition coefficient (Wildman–Crippen LogP) is 1.29. The van der Waals surface area contributed by atoms with Gasteiger partial charge in [0.2, 0.25) is 0 Å². The van der Waals surface area contributed by atoms with E-state index in [0.29, 0.717) is 46.4 Å². The molecule has 1 aliphatic heterocycles. The van der Waals surface area contributed by atoms with Gasteiger partial charge in [0.1, 0.15) is 33.4 Å². The lowest BCUT2D eigenvalue weighted by molar-refractivity contribution is 0.0394. The number of aromatic amines is 1. The average Bonchev–Trinajstić information content (AvgIpc) is 3.36. The number of nitrogens with zero attached hydrogens (tertiary/aromatic N) is 5. The SMILES string of the molecule is Cc1cncnc1NC(=O)c1sc(Nc2s[nH]c(=O)c2C(N)=NCN2CCOCC2)nc1C. The lowest BCUT2D eigenvalue weighted by Gasteiger charge is -2.24. The molecule has 3 aromatic rings. The minimum atomic E-state index is -0.337. The van der Waals surface area contributed by atoms with Gasteiger partial charge in [0, 0.05) is 24.8 Å². The fourth-order valence-electron chi connectivity index (χ4n) is 3.07. The number of amides is 1. The fraction of sp³-hybridized carbons (Fsp3) is 0.368. The zero-order valence-corrected chi connectivity index (χ0v) is 19.7. The Morgan fingerprint density at radius 3 is 2.91 bits per heavy atom. The first-order valence-electron chi connectivity index (χ1n) is 10.1. The van der Waals surface area contributed by atoms with Crippen molar-refractivity contribution in [2.45, 2.75) is 13.8 Å². The van der Waals surface area contributed by atoms with Crippen LogP contribution in [0.1, 0.15) is 26.5 Å². The summed E-state index contributed by atoms with van der Waals surface area (Å²) in [6.07, 6.45) is 2.99. The lowest BCUT2D eigenvalue weighted by Crippen LogP contribution is -2.37. The Kier molecular flexibility index (Phi) is 7.08. The third kappa shape index (κ3) is 5.42. The maximum Gasteiger partial charge on any atom is 0.271 e. The molecule has 0 aromatic carbocycles. The first-order valence-corrected chi connectivity index (χ1v) is 11.7. The van der Waals surface area contributed by atoms with Gasteiger partial charge in [-0.05, 0) is 25.4 Å². The van der Waals surface area contributed by atoms with Crippen LogP contribution in [0.4, 0.5) is 16.0 Å². The van der Waals surface area contributed by atoms with Crippen LogP contribution in [0.5, 0.6) is 0 Å². The average molecular weight is 490 g/mol. The van der Waals surface area contributed by atoms with Crippen molar-refractivity contribution in [1.82, 2.24) is 24.2 Å². The second-order valence-electron chi connectivity index (χ2n) is 7.22. The Morgan fingerprint density at radius 1 is 1.36 bits per heavy atom. The molecule has 4 heterocycles. The summed E-state index contributed by atoms with van der Waals surface area (Å²) < 4.78 is 8.00. The van der Waals surface area contributed by atoms with E-state index in [2.05, 4.69) is 39.9 Å². The van der Waals surface area contributed by atoms with Crippen LogP contribution in [0.25, 0.3) is 0 Å². The van der Waals surface area contributed by atoms with Gasteiger partial charge >= 0.3 is 0 Å². The highest BCUT2D eigenvalue weighted by molar-refractivity contribution is 7.18. The Hall–Kier alpha value is -3.20. The molecule has 1 aliphatic rings. The van der Waals surface area contributed by atoms with E-state index < -0.39 is 0 Å². The molecule has 4 rings (SSSR count). The molecule has 0 spiro atoms. The third-order valence-corrected chi connectivity index (χ3v) is 6.72. The second-order valence-corrected chi connectivity index (χ2v) is 9.04. The van der Waals surface area contributed by atoms with E-state index in [0.717, 1.165) is 41.5 Å². The fourth-order valence-corrected chi connectivity index (χ4v) is 4.75. The summed E-state index contributed by atoms with van der Waals surface area (Å²) >= 11 is 2.26. The van der Waals surface area contributed by atoms with Gasteiger partial charge in [-0.25, -0.2) is 15.0 Å². The van der Waals surface area contributed by atoms with Crippen LogP contribution in [-0.4, -0.2) is 68.9 Å². The van der Waals surface area contributed by atoms with Crippen LogP contribution in [0, 0.1) is 13.8 Å². The predicted molar refractivity (Wildman–Crippen MR) is 128 cm³/mol. The van der Waals surface area contributed by atoms with Gasteiger partial charge in [-0.15, -0.1) is 0 Å². The molecule has 33 heavy (non-hydrogen) atoms. The number of ether oxygens (including phenoxy) is 1. The highest BCUT2D eigenvalue weighted by Gasteiger charge is 2.20. The van der Waals surface area contributed by atoms with E-state index in [1.54, 1.807) is 13.1 Å². The zero-order valence-electron chi connectivity index (χ0n) is 18.0. The van der Waals surface area contributed by atoms with Gasteiger partial charge in [-0.1, -0.05) is 11.3 Å². The van der Waals surface area contributed by atoms with Crippen LogP contribution in [-0.2, 0) is 4.74 Å². The number of carbonyl (C=O) groups excluding carboxylic acids is 1. The van der Waals surface area contributed by atoms with Crippen molar-refractivity contribution in [3.05, 3.63) is 44.6 Å². The summed E-state index contributed by atoms with van der Waals surface area (Å²) in [5.41, 5.74) is 7.35. The summed E-state index contributed by atoms with van der Waals surface area (Å²) in [7, 11) is 0. The standard InChI is InChI=1S/C19H23N9O3S2/c1-10-7-21-8-22-15(10)25-17(30)13-11(2)24-19(32-13)26-18-12(16(29)27-33-18)14(20)23-9-28-3-5-31-6-4-28/h7-8H,3-6,9H2,1-2H3,(H2,20,23)(H,24,26)(H,27,29)(H,21,22,25,30). The highest BCUT2D eigenvalue weighted by Crippen LogP contribution is 2.29. The number of aromatic nitrogens is 4. The number of hydrogen-bond acceptors (Lipinski definition) is 11. The molecule has 0 aliphatic carbocycles. The number of hydrogen-bond donors (Lipinski definition) is 4. The van der Waals surface area contributed by atoms with Crippen molar-refractivity contribution < 1.29 is 9.53 Å². The smallest absolute Gasteiger partial charge is 0.271 e. The molecule has 174 valence electrons. The van der Waals surface area contributed by atoms with Crippen molar-refractivity contribution in [2.75, 3.05) is 43.6 Å². The lowest BCUT2D eigenvalue weighted by atomic mass is 10.3. The molecule has 1 fully saturated rings. The van der Waals surface area contributed by atoms with Crippen LogP contribution in [0.3, 0.4) is 0 Å². The summed E-state index contributed by atoms with van der Waals surface area (Å²) in [4.78, 5) is 44.4. The van der Waals surface area contributed by atoms with Crippen molar-refractivity contribution in [1.29, 1.82) is 0 Å². The number of aliphatic imine (C=N–C) groups is 1. The molecule has 0 bridgehead atoms. The molecule has 0 radical (unpaired) electrons. The quantitative estimate of drug-likeness (QED) is 0.283. The van der Waals surface area contributed by atoms with Crippen molar-refractivity contribution in [3.8, 4) is 0 Å². The Bertz CT molecular complexity index is 1230. The molecule has 0 unspecified atom stereocenters. The maximum absolute atomic E-state index is 12.7. The topological polar surface area (TPSA) is 164 Å². The molecule has 0 saturated carbocycles. The molecule has 1 amide bonds. The molecule has 5 N–H and O–H groups in total. The maximum atomic E-state index is 12.7. The second kappa shape index (κ2) is 10.2. The van der Waals surface area contributed by atoms with E-state index in [4.69, 9.17) is 10.5 Å². The number of amidine groups is 1. The number of thiazole rings is 1. The number of aryl methyl sites for hydroxylation is 2. The number of rotatable bonds is 7. The summed E-state index contributed by atoms with van der Waals surface area (Å²) in [6.45, 7) is 6.76. The Morgan fingerprint density at radius 2 is 2.15 bits per heavy atom. The van der Waals surface area contributed by atoms with Crippen LogP contribution in [0.2, 0.25) is 0 Å². The molecule has 1 saturated heterocycles. The van der Waals surface area contributed by atoms with Crippen LogP contribution >= 0.6 is 22.9 Å². The van der Waals surface area contributed by atoms with E-state index >= 15 is 0 Å². The monoisotopic (exact) mass is 489 g/mol. The largest absolute Gasteiger partial charge is 0.383 e. The molecule has 0 atom stereocenters. The minimum absolute atomic E-state index is 0.136. The third-order valence-electron chi connectivity index (χ3n) is 4.85. The van der Waals surface area contributed by atoms with E-state index in [9.17, 15) is 9.59 Å². The van der Waals surface area contributed by atoms with Crippen LogP contribution < -0.4 is 21.9 Å². The van der Waals surface area contributed by atoms with E-state index in [1.165, 1.54) is 6.33 Å². The first kappa shape index (κ1) is 23.0. The number of anilines is 3. The Balaban J connectivity index is 1.49. The summed E-state index contributed by atoms with van der Waals surface area (Å²) in [5, 5.41) is 6.81. The van der Waals surface area contributed by atoms with Gasteiger partial charge in [0.15, 0.2) is 5.13 Å². The molecule has 14 heteroatoms. The van der Waals surface area contributed by atoms with Gasteiger partial charge < -0.3 is 21.1 Å². The number of nitrogens with one attached hydrogen (secondary N) is 3.